The standard InChI is InChI=1S/C12H18N2OS/c15-12-10-8-16-7-6-11(10)14(13-12)9-4-2-1-3-5-9/h9H,1-8H2,(H,13,15). The summed E-state index contributed by atoms with van der Waals surface area (Å²) < 4.78 is 2.20. The highest BCUT2D eigenvalue weighted by Gasteiger charge is 2.24. The molecule has 2 heterocycles. The monoisotopic (exact) mass is 238 g/mol. The minimum absolute atomic E-state index is 0.160. The molecule has 2 aliphatic rings. The van der Waals surface area contributed by atoms with E-state index >= 15 is 0 Å². The molecule has 0 spiro atoms. The normalized spacial score (nSPS) is 22.0. The molecule has 0 amide bonds. The lowest BCUT2D eigenvalue weighted by atomic mass is 9.95. The van der Waals surface area contributed by atoms with Gasteiger partial charge in [-0.05, 0) is 25.0 Å². The van der Waals surface area contributed by atoms with Gasteiger partial charge in [-0.2, -0.15) is 11.8 Å². The van der Waals surface area contributed by atoms with Gasteiger partial charge in [0.25, 0.3) is 5.56 Å². The van der Waals surface area contributed by atoms with Crippen LogP contribution in [-0.4, -0.2) is 15.5 Å². The van der Waals surface area contributed by atoms with Gasteiger partial charge >= 0.3 is 0 Å². The molecule has 3 nitrogen and oxygen atoms in total. The number of aromatic amines is 1. The van der Waals surface area contributed by atoms with E-state index in [9.17, 15) is 4.79 Å². The smallest absolute Gasteiger partial charge is 0.268 e. The topological polar surface area (TPSA) is 37.8 Å². The minimum atomic E-state index is 0.160. The van der Waals surface area contributed by atoms with Gasteiger partial charge in [-0.15, -0.1) is 0 Å². The van der Waals surface area contributed by atoms with Gasteiger partial charge in [0.15, 0.2) is 0 Å². The lowest BCUT2D eigenvalue weighted by Crippen LogP contribution is -2.18. The Hall–Kier alpha value is -0.640. The van der Waals surface area contributed by atoms with Crippen molar-refractivity contribution in [3.63, 3.8) is 0 Å². The number of nitrogens with one attached hydrogen (secondary N) is 1. The van der Waals surface area contributed by atoms with Crippen molar-refractivity contribution in [2.24, 2.45) is 0 Å². The van der Waals surface area contributed by atoms with Crippen LogP contribution in [0, 0.1) is 0 Å². The first-order valence-electron chi connectivity index (χ1n) is 6.26. The van der Waals surface area contributed by atoms with Crippen LogP contribution in [0.1, 0.15) is 49.4 Å². The molecule has 1 fully saturated rings. The van der Waals surface area contributed by atoms with Crippen molar-refractivity contribution in [2.45, 2.75) is 50.3 Å². The van der Waals surface area contributed by atoms with Crippen LogP contribution >= 0.6 is 11.8 Å². The van der Waals surface area contributed by atoms with Gasteiger partial charge < -0.3 is 0 Å². The molecule has 1 N–H and O–H groups in total. The summed E-state index contributed by atoms with van der Waals surface area (Å²) in [5.41, 5.74) is 2.50. The molecule has 3 rings (SSSR count). The Morgan fingerprint density at radius 3 is 2.88 bits per heavy atom. The zero-order valence-electron chi connectivity index (χ0n) is 9.50. The maximum Gasteiger partial charge on any atom is 0.268 e. The molecular formula is C12H18N2OS. The van der Waals surface area contributed by atoms with Crippen LogP contribution in [0.4, 0.5) is 0 Å². The first-order chi connectivity index (χ1) is 7.86. The highest BCUT2D eigenvalue weighted by molar-refractivity contribution is 7.98. The summed E-state index contributed by atoms with van der Waals surface area (Å²) >= 11 is 1.88. The Kier molecular flexibility index (Phi) is 2.84. The van der Waals surface area contributed by atoms with E-state index in [0.717, 1.165) is 23.5 Å². The maximum absolute atomic E-state index is 11.8. The van der Waals surface area contributed by atoms with E-state index < -0.39 is 0 Å². The summed E-state index contributed by atoms with van der Waals surface area (Å²) in [6, 6.07) is 0.563. The van der Waals surface area contributed by atoms with Gasteiger partial charge in [0.2, 0.25) is 0 Å². The molecule has 4 heteroatoms. The van der Waals surface area contributed by atoms with Crippen molar-refractivity contribution >= 4 is 11.8 Å². The lowest BCUT2D eigenvalue weighted by molar-refractivity contribution is 0.321. The number of hydrogen-bond acceptors (Lipinski definition) is 2. The number of H-pyrrole nitrogens is 1. The molecule has 1 aliphatic carbocycles. The average Bonchev–Trinajstić information content (AvgIpc) is 2.69. The summed E-state index contributed by atoms with van der Waals surface area (Å²) in [6.07, 6.45) is 7.53. The van der Waals surface area contributed by atoms with Crippen molar-refractivity contribution in [3.05, 3.63) is 21.6 Å². The Morgan fingerprint density at radius 1 is 1.25 bits per heavy atom. The summed E-state index contributed by atoms with van der Waals surface area (Å²) in [6.45, 7) is 0. The number of rotatable bonds is 1. The molecule has 16 heavy (non-hydrogen) atoms. The fourth-order valence-corrected chi connectivity index (χ4v) is 3.92. The zero-order valence-corrected chi connectivity index (χ0v) is 10.3. The second kappa shape index (κ2) is 4.32. The molecule has 0 atom stereocenters. The van der Waals surface area contributed by atoms with E-state index in [1.807, 2.05) is 11.8 Å². The van der Waals surface area contributed by atoms with Crippen molar-refractivity contribution in [3.8, 4) is 0 Å². The largest absolute Gasteiger partial charge is 0.286 e. The molecule has 1 aromatic rings. The molecule has 0 unspecified atom stereocenters. The van der Waals surface area contributed by atoms with E-state index in [2.05, 4.69) is 9.78 Å². The molecule has 0 saturated heterocycles. The van der Waals surface area contributed by atoms with E-state index in [4.69, 9.17) is 0 Å². The maximum atomic E-state index is 11.8. The summed E-state index contributed by atoms with van der Waals surface area (Å²) in [7, 11) is 0. The van der Waals surface area contributed by atoms with Crippen LogP contribution in [0.3, 0.4) is 0 Å². The summed E-state index contributed by atoms with van der Waals surface area (Å²) in [4.78, 5) is 11.8. The fourth-order valence-electron chi connectivity index (χ4n) is 2.93. The van der Waals surface area contributed by atoms with Crippen LogP contribution in [0.15, 0.2) is 4.79 Å². The Bertz CT molecular complexity index is 429. The highest BCUT2D eigenvalue weighted by Crippen LogP contribution is 2.31. The Labute approximate surface area is 99.6 Å². The van der Waals surface area contributed by atoms with Crippen molar-refractivity contribution in [2.75, 3.05) is 5.75 Å². The van der Waals surface area contributed by atoms with Crippen molar-refractivity contribution < 1.29 is 0 Å². The third-order valence-electron chi connectivity index (χ3n) is 3.80. The summed E-state index contributed by atoms with van der Waals surface area (Å²) in [5.74, 6) is 2.07. The second-order valence-electron chi connectivity index (χ2n) is 4.83. The van der Waals surface area contributed by atoms with E-state index in [1.54, 1.807) is 0 Å². The molecule has 0 radical (unpaired) electrons. The van der Waals surface area contributed by atoms with Gasteiger partial charge in [-0.1, -0.05) is 19.3 Å². The first kappa shape index (κ1) is 10.5. The first-order valence-corrected chi connectivity index (χ1v) is 7.42. The highest BCUT2D eigenvalue weighted by atomic mass is 32.2. The molecule has 1 aliphatic heterocycles. The number of aromatic nitrogens is 2. The van der Waals surface area contributed by atoms with E-state index in [1.165, 1.54) is 37.8 Å². The fraction of sp³-hybridized carbons (Fsp3) is 0.750. The predicted octanol–water partition coefficient (Wildman–Crippen LogP) is 2.47. The molecule has 0 aromatic carbocycles. The second-order valence-corrected chi connectivity index (χ2v) is 5.94. The van der Waals surface area contributed by atoms with Crippen LogP contribution in [0.5, 0.6) is 0 Å². The predicted molar refractivity (Wildman–Crippen MR) is 67.0 cm³/mol. The van der Waals surface area contributed by atoms with Crippen LogP contribution in [0.25, 0.3) is 0 Å². The lowest BCUT2D eigenvalue weighted by Gasteiger charge is -2.25. The molecule has 1 saturated carbocycles. The Balaban J connectivity index is 1.97. The van der Waals surface area contributed by atoms with Gasteiger partial charge in [0.05, 0.1) is 6.04 Å². The Morgan fingerprint density at radius 2 is 2.06 bits per heavy atom. The third kappa shape index (κ3) is 1.73. The number of thioether (sulfide) groups is 1. The van der Waals surface area contributed by atoms with Gasteiger partial charge in [-0.3, -0.25) is 14.6 Å². The minimum Gasteiger partial charge on any atom is -0.286 e. The van der Waals surface area contributed by atoms with Crippen LogP contribution in [-0.2, 0) is 12.2 Å². The quantitative estimate of drug-likeness (QED) is 0.816. The number of nitrogens with zero attached hydrogens (tertiary/aromatic N) is 1. The van der Waals surface area contributed by atoms with Gasteiger partial charge in [0.1, 0.15) is 0 Å². The average molecular weight is 238 g/mol. The van der Waals surface area contributed by atoms with E-state index in [-0.39, 0.29) is 5.56 Å². The summed E-state index contributed by atoms with van der Waals surface area (Å²) in [5, 5.41) is 3.07. The van der Waals surface area contributed by atoms with E-state index in [0.29, 0.717) is 6.04 Å². The molecular weight excluding hydrogens is 220 g/mol. The molecule has 0 bridgehead atoms. The van der Waals surface area contributed by atoms with Crippen LogP contribution < -0.4 is 5.56 Å². The van der Waals surface area contributed by atoms with Crippen LogP contribution in [0.2, 0.25) is 0 Å². The van der Waals surface area contributed by atoms with Crippen molar-refractivity contribution in [1.29, 1.82) is 0 Å². The zero-order chi connectivity index (χ0) is 11.0. The third-order valence-corrected chi connectivity index (χ3v) is 4.79. The number of hydrogen-bond donors (Lipinski definition) is 1. The van der Waals surface area contributed by atoms with Crippen molar-refractivity contribution in [1.82, 2.24) is 9.78 Å². The molecule has 88 valence electrons. The SMILES string of the molecule is O=c1[nH]n(C2CCCCC2)c2c1CSCC2. The van der Waals surface area contributed by atoms with Gasteiger partial charge in [0, 0.05) is 17.0 Å². The number of fused-ring (bicyclic) bond motifs is 1. The van der Waals surface area contributed by atoms with Gasteiger partial charge in [-0.25, -0.2) is 0 Å². The molecule has 1 aromatic heterocycles.